The van der Waals surface area contributed by atoms with Crippen LogP contribution in [0.15, 0.2) is 121 Å². The van der Waals surface area contributed by atoms with E-state index in [4.69, 9.17) is 18.9 Å². The molecule has 1 saturated carbocycles. The highest BCUT2D eigenvalue weighted by molar-refractivity contribution is 5.89. The Hall–Kier alpha value is -3.65. The molecule has 1 aliphatic carbocycles. The Balaban J connectivity index is 1.43. The average Bonchev–Trinajstić information content (AvgIpc) is 3.01. The van der Waals surface area contributed by atoms with Crippen molar-refractivity contribution >= 4 is 5.78 Å². The lowest BCUT2D eigenvalue weighted by Gasteiger charge is -2.43. The van der Waals surface area contributed by atoms with Gasteiger partial charge in [-0.1, -0.05) is 121 Å². The summed E-state index contributed by atoms with van der Waals surface area (Å²) in [5.74, 6) is -0.480. The molecule has 0 unspecified atom stereocenters. The topological polar surface area (TPSA) is 74.2 Å². The van der Waals surface area contributed by atoms with Crippen LogP contribution in [0.25, 0.3) is 0 Å². The zero-order valence-electron chi connectivity index (χ0n) is 22.3. The molecule has 0 bridgehead atoms. The SMILES string of the molecule is O=C1[C@@H](O)[C@@H](OCc2ccccc2)[C@@H](OCc2ccccc2)[C@H](OCc2ccccc2)[C@H]1OCc1ccccc1. The molecule has 0 aliphatic heterocycles. The number of carbonyl (C=O) groups is 1. The van der Waals surface area contributed by atoms with Crippen molar-refractivity contribution in [2.24, 2.45) is 0 Å². The fourth-order valence-electron chi connectivity index (χ4n) is 4.83. The number of rotatable bonds is 12. The number of carbonyl (C=O) groups excluding carboxylic acids is 1. The smallest absolute Gasteiger partial charge is 0.195 e. The molecule has 0 amide bonds. The molecular weight excluding hydrogens is 504 g/mol. The van der Waals surface area contributed by atoms with Crippen molar-refractivity contribution in [2.45, 2.75) is 56.9 Å². The van der Waals surface area contributed by atoms with E-state index in [1.54, 1.807) is 0 Å². The van der Waals surface area contributed by atoms with Gasteiger partial charge in [0.15, 0.2) is 5.78 Å². The standard InChI is InChI=1S/C34H34O6/c35-29-30(36)32(38-22-26-15-7-2-8-16-26)34(40-24-28-19-11-4-12-20-28)33(39-23-27-17-9-3-10-18-27)31(29)37-21-25-13-5-1-6-14-25/h1-20,29,31-35H,21-24H2/t29-,31-,32+,33-,34-/m1/s1. The molecule has 6 heteroatoms. The van der Waals surface area contributed by atoms with Crippen molar-refractivity contribution in [3.63, 3.8) is 0 Å². The van der Waals surface area contributed by atoms with Crippen molar-refractivity contribution in [2.75, 3.05) is 0 Å². The summed E-state index contributed by atoms with van der Waals surface area (Å²) in [7, 11) is 0. The van der Waals surface area contributed by atoms with Crippen LogP contribution < -0.4 is 0 Å². The molecule has 0 heterocycles. The zero-order valence-corrected chi connectivity index (χ0v) is 22.3. The van der Waals surface area contributed by atoms with Crippen molar-refractivity contribution in [3.05, 3.63) is 144 Å². The maximum absolute atomic E-state index is 13.6. The summed E-state index contributed by atoms with van der Waals surface area (Å²) >= 11 is 0. The predicted molar refractivity (Wildman–Crippen MR) is 151 cm³/mol. The molecule has 5 atom stereocenters. The van der Waals surface area contributed by atoms with E-state index in [2.05, 4.69) is 0 Å². The lowest BCUT2D eigenvalue weighted by molar-refractivity contribution is -0.231. The van der Waals surface area contributed by atoms with E-state index in [0.717, 1.165) is 22.3 Å². The van der Waals surface area contributed by atoms with Gasteiger partial charge in [0.1, 0.15) is 30.5 Å². The van der Waals surface area contributed by atoms with Gasteiger partial charge in [0.25, 0.3) is 0 Å². The van der Waals surface area contributed by atoms with Gasteiger partial charge in [-0.3, -0.25) is 4.79 Å². The third-order valence-corrected chi connectivity index (χ3v) is 6.96. The van der Waals surface area contributed by atoms with Crippen LogP contribution in [0.3, 0.4) is 0 Å². The molecule has 6 nitrogen and oxygen atoms in total. The Kier molecular flexibility index (Phi) is 9.85. The predicted octanol–water partition coefficient (Wildman–Crippen LogP) is 5.27. The maximum Gasteiger partial charge on any atom is 0.195 e. The van der Waals surface area contributed by atoms with E-state index in [1.807, 2.05) is 121 Å². The van der Waals surface area contributed by atoms with Gasteiger partial charge in [-0.05, 0) is 22.3 Å². The van der Waals surface area contributed by atoms with Crippen LogP contribution in [0.5, 0.6) is 0 Å². The van der Waals surface area contributed by atoms with Gasteiger partial charge in [0.05, 0.1) is 26.4 Å². The number of ketones is 1. The summed E-state index contributed by atoms with van der Waals surface area (Å²) in [5.41, 5.74) is 3.75. The Bertz CT molecular complexity index is 1300. The molecule has 0 spiro atoms. The minimum Gasteiger partial charge on any atom is -0.382 e. The number of hydrogen-bond acceptors (Lipinski definition) is 6. The molecule has 4 aromatic carbocycles. The molecule has 0 aromatic heterocycles. The van der Waals surface area contributed by atoms with Crippen molar-refractivity contribution < 1.29 is 28.8 Å². The first-order chi connectivity index (χ1) is 19.7. The number of Topliss-reactive ketones (excluding diaryl/α,β-unsaturated/α-hetero) is 1. The summed E-state index contributed by atoms with van der Waals surface area (Å²) in [6, 6.07) is 38.7. The first kappa shape index (κ1) is 27.9. The molecule has 40 heavy (non-hydrogen) atoms. The second-order valence-electron chi connectivity index (χ2n) is 9.85. The molecule has 4 aromatic rings. The van der Waals surface area contributed by atoms with Crippen LogP contribution >= 0.6 is 0 Å². The van der Waals surface area contributed by atoms with Crippen molar-refractivity contribution in [1.29, 1.82) is 0 Å². The van der Waals surface area contributed by atoms with Crippen LogP contribution in [-0.4, -0.2) is 41.4 Å². The monoisotopic (exact) mass is 538 g/mol. The fourth-order valence-corrected chi connectivity index (χ4v) is 4.83. The van der Waals surface area contributed by atoms with Crippen LogP contribution in [0.2, 0.25) is 0 Å². The second-order valence-corrected chi connectivity index (χ2v) is 9.85. The number of benzene rings is 4. The second kappa shape index (κ2) is 14.1. The van der Waals surface area contributed by atoms with Crippen LogP contribution in [0, 0.1) is 0 Å². The van der Waals surface area contributed by atoms with E-state index in [9.17, 15) is 9.90 Å². The first-order valence-corrected chi connectivity index (χ1v) is 13.5. The van der Waals surface area contributed by atoms with E-state index < -0.39 is 36.3 Å². The lowest BCUT2D eigenvalue weighted by Crippen LogP contribution is -2.64. The van der Waals surface area contributed by atoms with Gasteiger partial charge in [-0.2, -0.15) is 0 Å². The molecule has 1 fully saturated rings. The van der Waals surface area contributed by atoms with Gasteiger partial charge in [0, 0.05) is 0 Å². The van der Waals surface area contributed by atoms with Crippen molar-refractivity contribution in [1.82, 2.24) is 0 Å². The third kappa shape index (κ3) is 7.30. The highest BCUT2D eigenvalue weighted by Gasteiger charge is 2.52. The average molecular weight is 539 g/mol. The summed E-state index contributed by atoms with van der Waals surface area (Å²) < 4.78 is 25.2. The Labute approximate surface area is 235 Å². The highest BCUT2D eigenvalue weighted by atomic mass is 16.6. The quantitative estimate of drug-likeness (QED) is 0.265. The molecule has 1 N–H and O–H groups in total. The summed E-state index contributed by atoms with van der Waals surface area (Å²) in [5, 5.41) is 11.3. The summed E-state index contributed by atoms with van der Waals surface area (Å²) in [6.07, 6.45) is -5.03. The normalized spacial score (nSPS) is 22.7. The minimum absolute atomic E-state index is 0.191. The van der Waals surface area contributed by atoms with Crippen LogP contribution in [0.4, 0.5) is 0 Å². The zero-order chi connectivity index (χ0) is 27.6. The molecule has 0 radical (unpaired) electrons. The van der Waals surface area contributed by atoms with Gasteiger partial charge in [0.2, 0.25) is 0 Å². The lowest BCUT2D eigenvalue weighted by atomic mass is 9.85. The van der Waals surface area contributed by atoms with Gasteiger partial charge in [-0.25, -0.2) is 0 Å². The Morgan fingerprint density at radius 3 is 1.18 bits per heavy atom. The molecule has 0 saturated heterocycles. The largest absolute Gasteiger partial charge is 0.382 e. The van der Waals surface area contributed by atoms with Crippen molar-refractivity contribution in [3.8, 4) is 0 Å². The fraction of sp³-hybridized carbons (Fsp3) is 0.265. The molecule has 206 valence electrons. The number of ether oxygens (including phenoxy) is 4. The summed E-state index contributed by atoms with van der Waals surface area (Å²) in [4.78, 5) is 13.6. The Morgan fingerprint density at radius 2 is 0.775 bits per heavy atom. The van der Waals surface area contributed by atoms with Gasteiger partial charge in [-0.15, -0.1) is 0 Å². The van der Waals surface area contributed by atoms with E-state index in [-0.39, 0.29) is 26.4 Å². The van der Waals surface area contributed by atoms with E-state index >= 15 is 0 Å². The minimum atomic E-state index is -1.44. The Morgan fingerprint density at radius 1 is 0.450 bits per heavy atom. The molecule has 5 rings (SSSR count). The first-order valence-electron chi connectivity index (χ1n) is 13.5. The number of aliphatic hydroxyl groups excluding tert-OH is 1. The number of aliphatic hydroxyl groups is 1. The van der Waals surface area contributed by atoms with Crippen LogP contribution in [0.1, 0.15) is 22.3 Å². The molecule has 1 aliphatic rings. The van der Waals surface area contributed by atoms with Gasteiger partial charge >= 0.3 is 0 Å². The van der Waals surface area contributed by atoms with Gasteiger partial charge < -0.3 is 24.1 Å². The number of hydrogen-bond donors (Lipinski definition) is 1. The highest BCUT2D eigenvalue weighted by Crippen LogP contribution is 2.30. The maximum atomic E-state index is 13.6. The molecular formula is C34H34O6. The summed E-state index contributed by atoms with van der Waals surface area (Å²) in [6.45, 7) is 0.906. The third-order valence-electron chi connectivity index (χ3n) is 6.96. The van der Waals surface area contributed by atoms with E-state index in [1.165, 1.54) is 0 Å². The van der Waals surface area contributed by atoms with E-state index in [0.29, 0.717) is 0 Å². The van der Waals surface area contributed by atoms with Crippen LogP contribution in [-0.2, 0) is 50.2 Å².